The third-order valence-electron chi connectivity index (χ3n) is 3.06. The predicted octanol–water partition coefficient (Wildman–Crippen LogP) is 4.27. The van der Waals surface area contributed by atoms with E-state index in [1.165, 1.54) is 16.7 Å². The molecule has 0 spiro atoms. The summed E-state index contributed by atoms with van der Waals surface area (Å²) in [5.41, 5.74) is 1.63. The quantitative estimate of drug-likeness (QED) is 0.764. The Balaban J connectivity index is 1.90. The van der Waals surface area contributed by atoms with E-state index in [0.717, 1.165) is 0 Å². The van der Waals surface area contributed by atoms with Crippen LogP contribution in [0, 0.1) is 0 Å². The zero-order chi connectivity index (χ0) is 15.7. The average molecular weight is 355 g/mol. The van der Waals surface area contributed by atoms with Crippen LogP contribution >= 0.6 is 34.8 Å². The molecule has 0 atom stereocenters. The Kier molecular flexibility index (Phi) is 4.25. The molecule has 0 bridgehead atoms. The summed E-state index contributed by atoms with van der Waals surface area (Å²) >= 11 is 17.9. The molecule has 4 nitrogen and oxygen atoms in total. The Morgan fingerprint density at radius 1 is 1.05 bits per heavy atom. The molecule has 0 amide bonds. The molecule has 2 heterocycles. The number of nitrogens with zero attached hydrogens (tertiary/aromatic N) is 2. The minimum Gasteiger partial charge on any atom is -0.378 e. The molecule has 0 fully saturated rings. The van der Waals surface area contributed by atoms with E-state index >= 15 is 0 Å². The zero-order valence-electron chi connectivity index (χ0n) is 11.2. The Morgan fingerprint density at radius 2 is 1.82 bits per heavy atom. The first-order valence-electron chi connectivity index (χ1n) is 6.40. The molecule has 1 aromatic carbocycles. The number of hydrogen-bond acceptors (Lipinski definition) is 3. The van der Waals surface area contributed by atoms with Crippen LogP contribution in [0.4, 0.5) is 5.69 Å². The molecule has 0 aliphatic carbocycles. The minimum atomic E-state index is -0.193. The number of anilines is 1. The van der Waals surface area contributed by atoms with Gasteiger partial charge in [0.15, 0.2) is 0 Å². The molecule has 3 rings (SSSR count). The molecule has 0 radical (unpaired) electrons. The summed E-state index contributed by atoms with van der Waals surface area (Å²) in [6.45, 7) is 0.356. The number of rotatable bonds is 3. The van der Waals surface area contributed by atoms with Gasteiger partial charge in [0.25, 0.3) is 5.56 Å². The van der Waals surface area contributed by atoms with Crippen LogP contribution in [0.15, 0.2) is 47.4 Å². The topological polar surface area (TPSA) is 46.4 Å². The molecule has 22 heavy (non-hydrogen) atoms. The van der Waals surface area contributed by atoms with E-state index in [1.807, 2.05) is 0 Å². The lowest BCUT2D eigenvalue weighted by atomic mass is 10.3. The number of hydrogen-bond donors (Lipinski definition) is 1. The highest BCUT2D eigenvalue weighted by atomic mass is 35.5. The summed E-state index contributed by atoms with van der Waals surface area (Å²) in [4.78, 5) is 16.5. The molecule has 0 unspecified atom stereocenters. The summed E-state index contributed by atoms with van der Waals surface area (Å²) in [6.07, 6.45) is 1.54. The number of benzene rings is 1. The van der Waals surface area contributed by atoms with Crippen molar-refractivity contribution in [2.75, 3.05) is 5.32 Å². The molecule has 0 saturated heterocycles. The first-order valence-corrected chi connectivity index (χ1v) is 7.53. The molecule has 2 aromatic heterocycles. The van der Waals surface area contributed by atoms with Crippen LogP contribution in [0.25, 0.3) is 5.65 Å². The van der Waals surface area contributed by atoms with Gasteiger partial charge in [-0.15, -0.1) is 0 Å². The van der Waals surface area contributed by atoms with Gasteiger partial charge in [-0.05, 0) is 30.3 Å². The van der Waals surface area contributed by atoms with Gasteiger partial charge < -0.3 is 5.32 Å². The molecule has 0 aliphatic heterocycles. The summed E-state index contributed by atoms with van der Waals surface area (Å²) < 4.78 is 1.40. The number of halogens is 3. The van der Waals surface area contributed by atoms with Crippen LogP contribution < -0.4 is 10.9 Å². The van der Waals surface area contributed by atoms with E-state index < -0.39 is 0 Å². The maximum absolute atomic E-state index is 12.1. The molecule has 112 valence electrons. The molecular formula is C15H10Cl3N3O. The molecular weight excluding hydrogens is 345 g/mol. The lowest BCUT2D eigenvalue weighted by Gasteiger charge is -2.09. The maximum Gasteiger partial charge on any atom is 0.258 e. The highest BCUT2D eigenvalue weighted by molar-refractivity contribution is 6.35. The van der Waals surface area contributed by atoms with Gasteiger partial charge in [0.1, 0.15) is 5.65 Å². The second-order valence-corrected chi connectivity index (χ2v) is 5.92. The van der Waals surface area contributed by atoms with E-state index in [1.54, 1.807) is 30.3 Å². The predicted molar refractivity (Wildman–Crippen MR) is 90.3 cm³/mol. The smallest absolute Gasteiger partial charge is 0.258 e. The van der Waals surface area contributed by atoms with Crippen molar-refractivity contribution in [2.45, 2.75) is 6.54 Å². The Bertz CT molecular complexity index is 908. The van der Waals surface area contributed by atoms with Crippen LogP contribution in [-0.2, 0) is 6.54 Å². The maximum atomic E-state index is 12.1. The second kappa shape index (κ2) is 6.16. The van der Waals surface area contributed by atoms with Crippen molar-refractivity contribution in [3.63, 3.8) is 0 Å². The van der Waals surface area contributed by atoms with Crippen molar-refractivity contribution in [2.24, 2.45) is 0 Å². The van der Waals surface area contributed by atoms with Crippen LogP contribution in [0.1, 0.15) is 5.69 Å². The second-order valence-electron chi connectivity index (χ2n) is 4.64. The standard InChI is InChI=1S/C15H10Cl3N3O/c16-9-1-3-12(18)13(5-9)19-7-11-6-15(22)21-8-10(17)2-4-14(21)20-11/h1-6,8,19H,7H2. The van der Waals surface area contributed by atoms with Crippen molar-refractivity contribution in [1.29, 1.82) is 0 Å². The summed E-state index contributed by atoms with van der Waals surface area (Å²) in [6, 6.07) is 9.97. The summed E-state index contributed by atoms with van der Waals surface area (Å²) in [7, 11) is 0. The van der Waals surface area contributed by atoms with Gasteiger partial charge in [0, 0.05) is 17.3 Å². The van der Waals surface area contributed by atoms with Crippen molar-refractivity contribution in [1.82, 2.24) is 9.38 Å². The third-order valence-corrected chi connectivity index (χ3v) is 3.85. The number of fused-ring (bicyclic) bond motifs is 1. The minimum absolute atomic E-state index is 0.193. The van der Waals surface area contributed by atoms with E-state index in [0.29, 0.717) is 38.6 Å². The molecule has 1 N–H and O–H groups in total. The zero-order valence-corrected chi connectivity index (χ0v) is 13.5. The van der Waals surface area contributed by atoms with Crippen LogP contribution in [-0.4, -0.2) is 9.38 Å². The summed E-state index contributed by atoms with van der Waals surface area (Å²) in [5.74, 6) is 0. The largest absolute Gasteiger partial charge is 0.378 e. The molecule has 3 aromatic rings. The number of nitrogens with one attached hydrogen (secondary N) is 1. The van der Waals surface area contributed by atoms with Crippen molar-refractivity contribution in [3.05, 3.63) is 73.7 Å². The number of aromatic nitrogens is 2. The normalized spacial score (nSPS) is 10.9. The SMILES string of the molecule is O=c1cc(CNc2cc(Cl)ccc2Cl)nc2ccc(Cl)cn12. The first-order chi connectivity index (χ1) is 10.5. The highest BCUT2D eigenvalue weighted by Gasteiger charge is 2.05. The highest BCUT2D eigenvalue weighted by Crippen LogP contribution is 2.25. The van der Waals surface area contributed by atoms with Gasteiger partial charge in [-0.3, -0.25) is 9.20 Å². The average Bonchev–Trinajstić information content (AvgIpc) is 2.49. The Labute approximate surface area is 141 Å². The van der Waals surface area contributed by atoms with Gasteiger partial charge in [0.2, 0.25) is 0 Å². The molecule has 7 heteroatoms. The lowest BCUT2D eigenvalue weighted by molar-refractivity contribution is 0.971. The summed E-state index contributed by atoms with van der Waals surface area (Å²) in [5, 5.41) is 4.73. The lowest BCUT2D eigenvalue weighted by Crippen LogP contribution is -2.16. The van der Waals surface area contributed by atoms with E-state index in [9.17, 15) is 4.79 Å². The Hall–Kier alpha value is -1.75. The van der Waals surface area contributed by atoms with Crippen molar-refractivity contribution < 1.29 is 0 Å². The van der Waals surface area contributed by atoms with E-state index in [4.69, 9.17) is 34.8 Å². The van der Waals surface area contributed by atoms with E-state index in [2.05, 4.69) is 10.3 Å². The monoisotopic (exact) mass is 353 g/mol. The van der Waals surface area contributed by atoms with Gasteiger partial charge in [-0.25, -0.2) is 4.98 Å². The van der Waals surface area contributed by atoms with Gasteiger partial charge in [0.05, 0.1) is 28.0 Å². The number of pyridine rings is 1. The van der Waals surface area contributed by atoms with Crippen LogP contribution in [0.5, 0.6) is 0 Å². The van der Waals surface area contributed by atoms with Crippen LogP contribution in [0.2, 0.25) is 15.1 Å². The van der Waals surface area contributed by atoms with Crippen molar-refractivity contribution >= 4 is 46.1 Å². The van der Waals surface area contributed by atoms with Crippen LogP contribution in [0.3, 0.4) is 0 Å². The first kappa shape index (κ1) is 15.2. The van der Waals surface area contributed by atoms with E-state index in [-0.39, 0.29) is 5.56 Å². The molecule has 0 saturated carbocycles. The van der Waals surface area contributed by atoms with Gasteiger partial charge >= 0.3 is 0 Å². The molecule has 0 aliphatic rings. The van der Waals surface area contributed by atoms with Crippen molar-refractivity contribution in [3.8, 4) is 0 Å². The fourth-order valence-electron chi connectivity index (χ4n) is 2.04. The Morgan fingerprint density at radius 3 is 2.64 bits per heavy atom. The fraction of sp³-hybridized carbons (Fsp3) is 0.0667. The fourth-order valence-corrected chi connectivity index (χ4v) is 2.55. The third kappa shape index (κ3) is 3.19. The van der Waals surface area contributed by atoms with Gasteiger partial charge in [-0.1, -0.05) is 34.8 Å². The van der Waals surface area contributed by atoms with Gasteiger partial charge in [-0.2, -0.15) is 0 Å².